The highest BCUT2D eigenvalue weighted by Crippen LogP contribution is 2.41. The number of ether oxygens (including phenoxy) is 2. The predicted molar refractivity (Wildman–Crippen MR) is 122 cm³/mol. The second-order valence-electron chi connectivity index (χ2n) is 6.92. The number of sulfone groups is 1. The van der Waals surface area contributed by atoms with E-state index < -0.39 is 15.7 Å². The summed E-state index contributed by atoms with van der Waals surface area (Å²) in [5.41, 5.74) is 1.16. The molecule has 2 atom stereocenters. The molecule has 0 radical (unpaired) electrons. The van der Waals surface area contributed by atoms with Gasteiger partial charge in [0.2, 0.25) is 0 Å². The van der Waals surface area contributed by atoms with Crippen molar-refractivity contribution in [2.24, 2.45) is 4.99 Å². The van der Waals surface area contributed by atoms with E-state index in [9.17, 15) is 13.2 Å². The molecule has 2 aromatic carbocycles. The Balaban J connectivity index is 1.70. The van der Waals surface area contributed by atoms with E-state index in [-0.39, 0.29) is 22.8 Å². The summed E-state index contributed by atoms with van der Waals surface area (Å²) in [5, 5.41) is 0.345. The van der Waals surface area contributed by atoms with Crippen molar-refractivity contribution in [1.29, 1.82) is 0 Å². The second-order valence-corrected chi connectivity index (χ2v) is 11.2. The van der Waals surface area contributed by atoms with Crippen LogP contribution in [0.4, 0.5) is 5.69 Å². The van der Waals surface area contributed by atoms with Gasteiger partial charge in [0.1, 0.15) is 0 Å². The van der Waals surface area contributed by atoms with Crippen LogP contribution in [0.25, 0.3) is 0 Å². The van der Waals surface area contributed by atoms with E-state index in [0.717, 1.165) is 10.2 Å². The average molecular weight is 511 g/mol. The fraction of sp³-hybridized carbons (Fsp3) is 0.300. The van der Waals surface area contributed by atoms with Crippen molar-refractivity contribution >= 4 is 54.3 Å². The van der Waals surface area contributed by atoms with Crippen LogP contribution in [0, 0.1) is 0 Å². The van der Waals surface area contributed by atoms with E-state index >= 15 is 0 Å². The molecule has 0 spiro atoms. The lowest BCUT2D eigenvalue weighted by Crippen LogP contribution is -2.37. The van der Waals surface area contributed by atoms with E-state index in [2.05, 4.69) is 20.9 Å². The minimum atomic E-state index is -3.12. The quantitative estimate of drug-likeness (QED) is 0.622. The van der Waals surface area contributed by atoms with E-state index in [4.69, 9.17) is 9.47 Å². The molecule has 0 N–H and O–H groups in total. The Labute approximate surface area is 187 Å². The number of hydrogen-bond donors (Lipinski definition) is 0. The van der Waals surface area contributed by atoms with Crippen molar-refractivity contribution < 1.29 is 22.7 Å². The molecule has 2 fully saturated rings. The molecule has 0 unspecified atom stereocenters. The Bertz CT molecular complexity index is 1120. The van der Waals surface area contributed by atoms with Crippen LogP contribution in [-0.2, 0) is 9.84 Å². The number of carbonyl (C=O) groups is 1. The van der Waals surface area contributed by atoms with Gasteiger partial charge in [-0.3, -0.25) is 4.79 Å². The molecular weight excluding hydrogens is 492 g/mol. The zero-order chi connectivity index (χ0) is 21.5. The van der Waals surface area contributed by atoms with Gasteiger partial charge >= 0.3 is 0 Å². The highest BCUT2D eigenvalue weighted by Gasteiger charge is 2.49. The molecule has 158 valence electrons. The molecule has 7 nitrogen and oxygen atoms in total. The van der Waals surface area contributed by atoms with Crippen molar-refractivity contribution in [2.75, 3.05) is 30.6 Å². The summed E-state index contributed by atoms with van der Waals surface area (Å²) in [6, 6.07) is 12.1. The number of carbonyl (C=O) groups excluding carboxylic acids is 1. The number of amides is 1. The lowest BCUT2D eigenvalue weighted by molar-refractivity contribution is 0.100. The summed E-state index contributed by atoms with van der Waals surface area (Å²) < 4.78 is 35.7. The lowest BCUT2D eigenvalue weighted by Gasteiger charge is -2.24. The molecule has 2 aliphatic heterocycles. The Hall–Kier alpha value is -2.04. The second kappa shape index (κ2) is 8.24. The number of anilines is 1. The number of nitrogens with zero attached hydrogens (tertiary/aromatic N) is 2. The lowest BCUT2D eigenvalue weighted by atomic mass is 10.2. The van der Waals surface area contributed by atoms with Crippen LogP contribution in [0.5, 0.6) is 11.5 Å². The fourth-order valence-electron chi connectivity index (χ4n) is 3.59. The molecule has 0 aliphatic carbocycles. The van der Waals surface area contributed by atoms with E-state index in [1.807, 2.05) is 29.2 Å². The molecule has 0 bridgehead atoms. The van der Waals surface area contributed by atoms with Gasteiger partial charge in [0, 0.05) is 21.0 Å². The first-order chi connectivity index (χ1) is 14.3. The van der Waals surface area contributed by atoms with Crippen LogP contribution in [0.2, 0.25) is 0 Å². The van der Waals surface area contributed by atoms with Crippen molar-refractivity contribution in [3.63, 3.8) is 0 Å². The molecule has 2 aliphatic rings. The van der Waals surface area contributed by atoms with Crippen molar-refractivity contribution in [3.05, 3.63) is 52.5 Å². The normalized spacial score (nSPS) is 23.4. The minimum Gasteiger partial charge on any atom is -0.493 e. The van der Waals surface area contributed by atoms with Gasteiger partial charge in [0.15, 0.2) is 26.5 Å². The van der Waals surface area contributed by atoms with Crippen LogP contribution >= 0.6 is 27.7 Å². The van der Waals surface area contributed by atoms with Gasteiger partial charge in [0.05, 0.1) is 31.8 Å². The van der Waals surface area contributed by atoms with Crippen LogP contribution in [0.1, 0.15) is 10.4 Å². The van der Waals surface area contributed by atoms with E-state index in [0.29, 0.717) is 22.2 Å². The first-order valence-electron chi connectivity index (χ1n) is 9.08. The molecule has 2 heterocycles. The maximum Gasteiger partial charge on any atom is 0.279 e. The number of halogens is 1. The molecule has 2 aromatic rings. The molecule has 0 saturated carbocycles. The number of fused-ring (bicyclic) bond motifs is 1. The SMILES string of the molecule is COc1ccc(C(=O)N=C2S[C@@H]3CS(=O)(=O)C[C@@H]3N2c2ccc(Br)cc2)cc1OC. The Morgan fingerprint density at radius 3 is 2.47 bits per heavy atom. The maximum atomic E-state index is 12.9. The smallest absolute Gasteiger partial charge is 0.279 e. The molecule has 2 saturated heterocycles. The highest BCUT2D eigenvalue weighted by atomic mass is 79.9. The topological polar surface area (TPSA) is 85.3 Å². The molecular formula is C20H19BrN2O5S2. The summed E-state index contributed by atoms with van der Waals surface area (Å²) in [6.45, 7) is 0. The van der Waals surface area contributed by atoms with E-state index in [1.54, 1.807) is 18.2 Å². The van der Waals surface area contributed by atoms with E-state index in [1.165, 1.54) is 26.0 Å². The highest BCUT2D eigenvalue weighted by molar-refractivity contribution is 9.10. The van der Waals surface area contributed by atoms with Gasteiger partial charge in [-0.2, -0.15) is 4.99 Å². The Morgan fingerprint density at radius 1 is 1.10 bits per heavy atom. The monoisotopic (exact) mass is 510 g/mol. The molecule has 4 rings (SSSR count). The average Bonchev–Trinajstić information content (AvgIpc) is 3.18. The fourth-order valence-corrected chi connectivity index (χ4v) is 7.77. The summed E-state index contributed by atoms with van der Waals surface area (Å²) >= 11 is 4.75. The summed E-state index contributed by atoms with van der Waals surface area (Å²) in [6.07, 6.45) is 0. The van der Waals surface area contributed by atoms with Crippen LogP contribution in [0.15, 0.2) is 51.9 Å². The van der Waals surface area contributed by atoms with Crippen LogP contribution < -0.4 is 14.4 Å². The Kier molecular flexibility index (Phi) is 5.82. The third kappa shape index (κ3) is 4.08. The summed E-state index contributed by atoms with van der Waals surface area (Å²) in [4.78, 5) is 19.1. The van der Waals surface area contributed by atoms with Gasteiger partial charge in [-0.05, 0) is 42.5 Å². The first kappa shape index (κ1) is 21.2. The number of benzene rings is 2. The van der Waals surface area contributed by atoms with Gasteiger partial charge < -0.3 is 14.4 Å². The maximum absolute atomic E-state index is 12.9. The van der Waals surface area contributed by atoms with Gasteiger partial charge in [-0.15, -0.1) is 0 Å². The number of rotatable bonds is 4. The van der Waals surface area contributed by atoms with Gasteiger partial charge in [-0.25, -0.2) is 8.42 Å². The van der Waals surface area contributed by atoms with Gasteiger partial charge in [0.25, 0.3) is 5.91 Å². The summed E-state index contributed by atoms with van der Waals surface area (Å²) in [5.74, 6) is 0.662. The first-order valence-corrected chi connectivity index (χ1v) is 12.6. The van der Waals surface area contributed by atoms with Gasteiger partial charge in [-0.1, -0.05) is 27.7 Å². The van der Waals surface area contributed by atoms with Crippen molar-refractivity contribution in [3.8, 4) is 11.5 Å². The van der Waals surface area contributed by atoms with Crippen molar-refractivity contribution in [1.82, 2.24) is 0 Å². The number of thioether (sulfide) groups is 1. The van der Waals surface area contributed by atoms with Crippen molar-refractivity contribution in [2.45, 2.75) is 11.3 Å². The predicted octanol–water partition coefficient (Wildman–Crippen LogP) is 3.38. The van der Waals surface area contributed by atoms with Crippen LogP contribution in [0.3, 0.4) is 0 Å². The zero-order valence-corrected chi connectivity index (χ0v) is 19.5. The zero-order valence-electron chi connectivity index (χ0n) is 16.2. The molecule has 1 amide bonds. The molecule has 0 aromatic heterocycles. The standard InChI is InChI=1S/C20H19BrN2O5S2/c1-27-16-8-3-12(9-17(16)28-2)19(24)22-20-23(14-6-4-13(21)5-7-14)15-10-30(25,26)11-18(15)29-20/h3-9,15,18H,10-11H2,1-2H3/t15-,18+/m0/s1. The third-order valence-corrected chi connectivity index (χ3v) is 8.74. The number of aliphatic imine (C=N–C) groups is 1. The number of amidine groups is 1. The molecule has 30 heavy (non-hydrogen) atoms. The minimum absolute atomic E-state index is 0.0459. The number of methoxy groups -OCH3 is 2. The third-order valence-electron chi connectivity index (χ3n) is 5.00. The number of hydrogen-bond acceptors (Lipinski definition) is 6. The molecule has 10 heteroatoms. The van der Waals surface area contributed by atoms with Crippen LogP contribution in [-0.4, -0.2) is 56.5 Å². The summed E-state index contributed by atoms with van der Waals surface area (Å²) in [7, 11) is -0.0903. The Morgan fingerprint density at radius 2 is 1.80 bits per heavy atom. The largest absolute Gasteiger partial charge is 0.493 e.